The van der Waals surface area contributed by atoms with Crippen molar-refractivity contribution in [2.75, 3.05) is 0 Å². The lowest BCUT2D eigenvalue weighted by Gasteiger charge is -2.46. The molecule has 0 aliphatic heterocycles. The summed E-state index contributed by atoms with van der Waals surface area (Å²) in [7, 11) is -1.33. The van der Waals surface area contributed by atoms with Gasteiger partial charge in [0.1, 0.15) is 5.54 Å². The van der Waals surface area contributed by atoms with Crippen LogP contribution in [0.15, 0.2) is 30.3 Å². The Hall–Kier alpha value is -1.41. The van der Waals surface area contributed by atoms with Gasteiger partial charge < -0.3 is 26.2 Å². The molecule has 0 aromatic heterocycles. The summed E-state index contributed by atoms with van der Waals surface area (Å²) in [4.78, 5) is 11.8. The maximum atomic E-state index is 11.8. The Bertz CT molecular complexity index is 645. The molecule has 2 fully saturated rings. The number of hydrogen-bond donors (Lipinski definition) is 5. The fraction of sp³-hybridized carbons (Fsp3) is 0.682. The summed E-state index contributed by atoms with van der Waals surface area (Å²) in [6, 6.07) is 11.6. The van der Waals surface area contributed by atoms with Crippen molar-refractivity contribution in [2.24, 2.45) is 11.7 Å². The summed E-state index contributed by atoms with van der Waals surface area (Å²) in [6.07, 6.45) is 8.16. The molecule has 0 heterocycles. The van der Waals surface area contributed by atoms with E-state index < -0.39 is 18.6 Å². The van der Waals surface area contributed by atoms with Crippen molar-refractivity contribution in [1.29, 1.82) is 0 Å². The molecule has 1 aromatic rings. The summed E-state index contributed by atoms with van der Waals surface area (Å²) in [5.74, 6) is -0.296. The number of rotatable bonds is 10. The number of unbranched alkanes of at least 4 members (excludes halogenated alkanes) is 1. The Kier molecular flexibility index (Phi) is 7.74. The number of benzene rings is 1. The molecular formula is C22H35BN2O4. The second kappa shape index (κ2) is 10.1. The summed E-state index contributed by atoms with van der Waals surface area (Å²) in [5, 5.41) is 31.3. The SMILES string of the molecule is N[C@](CCCCB(O)O)(C(=O)O)C1CC(NC2CCC(c3ccccc3)CC2)C1. The quantitative estimate of drug-likeness (QED) is 0.303. The third-order valence-corrected chi connectivity index (χ3v) is 7.04. The van der Waals surface area contributed by atoms with Crippen LogP contribution in [0.3, 0.4) is 0 Å². The zero-order valence-corrected chi connectivity index (χ0v) is 17.2. The van der Waals surface area contributed by atoms with Gasteiger partial charge in [-0.1, -0.05) is 43.2 Å². The molecular weight excluding hydrogens is 367 g/mol. The molecule has 0 amide bonds. The van der Waals surface area contributed by atoms with Crippen molar-refractivity contribution in [3.05, 3.63) is 35.9 Å². The fourth-order valence-electron chi connectivity index (χ4n) is 5.06. The average Bonchev–Trinajstić information content (AvgIpc) is 2.68. The Balaban J connectivity index is 1.40. The van der Waals surface area contributed by atoms with Gasteiger partial charge in [-0.05, 0) is 68.7 Å². The van der Waals surface area contributed by atoms with Crippen molar-refractivity contribution in [1.82, 2.24) is 5.32 Å². The predicted octanol–water partition coefficient (Wildman–Crippen LogP) is 2.51. The van der Waals surface area contributed by atoms with E-state index in [0.29, 0.717) is 37.3 Å². The van der Waals surface area contributed by atoms with Gasteiger partial charge in [0.25, 0.3) is 0 Å². The lowest BCUT2D eigenvalue weighted by Crippen LogP contribution is -2.62. The molecule has 2 saturated carbocycles. The van der Waals surface area contributed by atoms with Crippen LogP contribution in [0.1, 0.15) is 69.3 Å². The van der Waals surface area contributed by atoms with Crippen LogP contribution in [0.2, 0.25) is 6.32 Å². The number of aliphatic carboxylic acids is 1. The average molecular weight is 402 g/mol. The van der Waals surface area contributed by atoms with Crippen LogP contribution in [-0.4, -0.2) is 45.9 Å². The summed E-state index contributed by atoms with van der Waals surface area (Å²) in [5.41, 5.74) is 6.53. The van der Waals surface area contributed by atoms with E-state index in [-0.39, 0.29) is 12.2 Å². The smallest absolute Gasteiger partial charge is 0.451 e. The largest absolute Gasteiger partial charge is 0.480 e. The van der Waals surface area contributed by atoms with E-state index in [1.54, 1.807) is 0 Å². The van der Waals surface area contributed by atoms with Crippen molar-refractivity contribution in [3.63, 3.8) is 0 Å². The molecule has 6 nitrogen and oxygen atoms in total. The topological polar surface area (TPSA) is 116 Å². The molecule has 2 aliphatic carbocycles. The molecule has 0 saturated heterocycles. The second-order valence-corrected chi connectivity index (χ2v) is 9.06. The molecule has 2 aliphatic rings. The highest BCUT2D eigenvalue weighted by molar-refractivity contribution is 6.40. The van der Waals surface area contributed by atoms with E-state index in [0.717, 1.165) is 25.7 Å². The molecule has 160 valence electrons. The van der Waals surface area contributed by atoms with Gasteiger partial charge in [0, 0.05) is 12.1 Å². The van der Waals surface area contributed by atoms with Gasteiger partial charge in [0.2, 0.25) is 0 Å². The lowest BCUT2D eigenvalue weighted by atomic mass is 9.65. The normalized spacial score (nSPS) is 28.9. The van der Waals surface area contributed by atoms with Gasteiger partial charge in [0.15, 0.2) is 0 Å². The van der Waals surface area contributed by atoms with Crippen LogP contribution in [0.4, 0.5) is 0 Å². The van der Waals surface area contributed by atoms with Crippen LogP contribution < -0.4 is 11.1 Å². The van der Waals surface area contributed by atoms with Crippen LogP contribution in [0.5, 0.6) is 0 Å². The minimum atomic E-state index is -1.33. The Morgan fingerprint density at radius 1 is 1.07 bits per heavy atom. The number of hydrogen-bond acceptors (Lipinski definition) is 5. The van der Waals surface area contributed by atoms with Crippen LogP contribution in [0.25, 0.3) is 0 Å². The van der Waals surface area contributed by atoms with Gasteiger partial charge >= 0.3 is 13.1 Å². The van der Waals surface area contributed by atoms with E-state index >= 15 is 0 Å². The van der Waals surface area contributed by atoms with Gasteiger partial charge in [-0.2, -0.15) is 0 Å². The van der Waals surface area contributed by atoms with E-state index in [4.69, 9.17) is 15.8 Å². The zero-order chi connectivity index (χ0) is 20.9. The molecule has 0 unspecified atom stereocenters. The molecule has 1 aromatic carbocycles. The number of nitrogens with one attached hydrogen (secondary N) is 1. The van der Waals surface area contributed by atoms with E-state index in [1.165, 1.54) is 18.4 Å². The van der Waals surface area contributed by atoms with Gasteiger partial charge in [-0.3, -0.25) is 4.79 Å². The Labute approximate surface area is 174 Å². The molecule has 3 rings (SSSR count). The lowest BCUT2D eigenvalue weighted by molar-refractivity contribution is -0.148. The number of carboxylic acids is 1. The Morgan fingerprint density at radius 3 is 2.31 bits per heavy atom. The van der Waals surface area contributed by atoms with Crippen LogP contribution in [-0.2, 0) is 4.79 Å². The summed E-state index contributed by atoms with van der Waals surface area (Å²) in [6.45, 7) is 0. The van der Waals surface area contributed by atoms with Gasteiger partial charge in [-0.25, -0.2) is 0 Å². The highest BCUT2D eigenvalue weighted by Gasteiger charge is 2.48. The molecule has 1 atom stereocenters. The third kappa shape index (κ3) is 5.82. The maximum absolute atomic E-state index is 11.8. The molecule has 6 N–H and O–H groups in total. The second-order valence-electron chi connectivity index (χ2n) is 9.06. The van der Waals surface area contributed by atoms with Gasteiger partial charge in [0.05, 0.1) is 0 Å². The predicted molar refractivity (Wildman–Crippen MR) is 114 cm³/mol. The van der Waals surface area contributed by atoms with E-state index in [9.17, 15) is 9.90 Å². The maximum Gasteiger partial charge on any atom is 0.451 e. The third-order valence-electron chi connectivity index (χ3n) is 7.04. The first kappa shape index (κ1) is 22.3. The molecule has 7 heteroatoms. The van der Waals surface area contributed by atoms with E-state index in [1.807, 2.05) is 0 Å². The molecule has 0 radical (unpaired) electrons. The van der Waals surface area contributed by atoms with Crippen molar-refractivity contribution in [3.8, 4) is 0 Å². The number of carbonyl (C=O) groups is 1. The molecule has 0 bridgehead atoms. The summed E-state index contributed by atoms with van der Waals surface area (Å²) < 4.78 is 0. The zero-order valence-electron chi connectivity index (χ0n) is 17.2. The molecule has 0 spiro atoms. The van der Waals surface area contributed by atoms with E-state index in [2.05, 4.69) is 35.6 Å². The van der Waals surface area contributed by atoms with Crippen molar-refractivity contribution >= 4 is 13.1 Å². The van der Waals surface area contributed by atoms with Crippen molar-refractivity contribution < 1.29 is 19.9 Å². The number of carboxylic acid groups (broad SMARTS) is 1. The highest BCUT2D eigenvalue weighted by Crippen LogP contribution is 2.40. The highest BCUT2D eigenvalue weighted by atomic mass is 16.4. The van der Waals surface area contributed by atoms with Crippen LogP contribution in [0, 0.1) is 5.92 Å². The fourth-order valence-corrected chi connectivity index (χ4v) is 5.06. The minimum absolute atomic E-state index is 0.0165. The van der Waals surface area contributed by atoms with Crippen molar-refractivity contribution in [2.45, 2.75) is 87.6 Å². The number of nitrogens with two attached hydrogens (primary N) is 1. The standard InChI is InChI=1S/C22H35BN2O4/c24-22(21(26)27,12-4-5-13-23(28)29)18-14-20(15-18)25-19-10-8-17(9-11-19)16-6-2-1-3-7-16/h1-3,6-7,17-20,25,28-29H,4-5,8-15,24H2,(H,26,27)/t17?,18?,19?,20?,22-/m0/s1. The van der Waals surface area contributed by atoms with Gasteiger partial charge in [-0.15, -0.1) is 0 Å². The minimum Gasteiger partial charge on any atom is -0.480 e. The monoisotopic (exact) mass is 402 g/mol. The summed E-state index contributed by atoms with van der Waals surface area (Å²) >= 11 is 0. The Morgan fingerprint density at radius 2 is 1.72 bits per heavy atom. The first-order chi connectivity index (χ1) is 13.9. The molecule has 29 heavy (non-hydrogen) atoms. The first-order valence-electron chi connectivity index (χ1n) is 11.1. The first-order valence-corrected chi connectivity index (χ1v) is 11.1. The van der Waals surface area contributed by atoms with Crippen LogP contribution >= 0.6 is 0 Å².